The SMILES string of the molecule is CNC(C)CNS(=O)(=O)c1cnc[nH]1.Cl. The summed E-state index contributed by atoms with van der Waals surface area (Å²) in [4.78, 5) is 6.18. The second-order valence-corrected chi connectivity index (χ2v) is 4.69. The van der Waals surface area contributed by atoms with Gasteiger partial charge < -0.3 is 10.3 Å². The lowest BCUT2D eigenvalue weighted by Crippen LogP contribution is -2.37. The van der Waals surface area contributed by atoms with E-state index in [4.69, 9.17) is 0 Å². The Bertz CT molecular complexity index is 364. The lowest BCUT2D eigenvalue weighted by atomic mass is 10.4. The minimum Gasteiger partial charge on any atom is -0.335 e. The van der Waals surface area contributed by atoms with Crippen LogP contribution in [-0.4, -0.2) is 38.0 Å². The molecule has 1 unspecified atom stereocenters. The Kier molecular flexibility index (Phi) is 5.81. The number of halogens is 1. The highest BCUT2D eigenvalue weighted by atomic mass is 35.5. The molecule has 0 fully saturated rings. The number of hydrogen-bond acceptors (Lipinski definition) is 4. The first-order chi connectivity index (χ1) is 6.56. The van der Waals surface area contributed by atoms with Crippen molar-refractivity contribution in [1.29, 1.82) is 0 Å². The lowest BCUT2D eigenvalue weighted by Gasteiger charge is -2.10. The molecule has 88 valence electrons. The first-order valence-corrected chi connectivity index (χ1v) is 5.70. The minimum absolute atomic E-state index is 0. The molecule has 1 rings (SSSR count). The fourth-order valence-electron chi connectivity index (χ4n) is 0.805. The van der Waals surface area contributed by atoms with Crippen LogP contribution in [0.2, 0.25) is 0 Å². The zero-order valence-corrected chi connectivity index (χ0v) is 10.2. The van der Waals surface area contributed by atoms with E-state index < -0.39 is 10.0 Å². The van der Waals surface area contributed by atoms with E-state index in [1.54, 1.807) is 7.05 Å². The molecule has 1 aromatic heterocycles. The topological polar surface area (TPSA) is 86.9 Å². The van der Waals surface area contributed by atoms with Gasteiger partial charge in [-0.05, 0) is 14.0 Å². The van der Waals surface area contributed by atoms with Crippen LogP contribution in [0.25, 0.3) is 0 Å². The van der Waals surface area contributed by atoms with E-state index in [1.165, 1.54) is 12.5 Å². The number of sulfonamides is 1. The molecule has 0 aliphatic rings. The summed E-state index contributed by atoms with van der Waals surface area (Å²) >= 11 is 0. The maximum Gasteiger partial charge on any atom is 0.257 e. The van der Waals surface area contributed by atoms with Crippen molar-refractivity contribution < 1.29 is 8.42 Å². The molecular weight excluding hydrogens is 240 g/mol. The molecule has 8 heteroatoms. The van der Waals surface area contributed by atoms with Gasteiger partial charge in [0.1, 0.15) is 0 Å². The number of aromatic nitrogens is 2. The van der Waals surface area contributed by atoms with E-state index >= 15 is 0 Å². The zero-order valence-electron chi connectivity index (χ0n) is 8.52. The molecule has 0 aromatic carbocycles. The fraction of sp³-hybridized carbons (Fsp3) is 0.571. The Hall–Kier alpha value is -0.630. The van der Waals surface area contributed by atoms with E-state index in [-0.39, 0.29) is 23.5 Å². The van der Waals surface area contributed by atoms with Gasteiger partial charge in [-0.25, -0.2) is 18.1 Å². The highest BCUT2D eigenvalue weighted by molar-refractivity contribution is 7.89. The third-order valence-electron chi connectivity index (χ3n) is 1.83. The second-order valence-electron chi connectivity index (χ2n) is 2.96. The number of nitrogens with zero attached hydrogens (tertiary/aromatic N) is 1. The van der Waals surface area contributed by atoms with Crippen LogP contribution in [-0.2, 0) is 10.0 Å². The average molecular weight is 255 g/mol. The van der Waals surface area contributed by atoms with Crippen molar-refractivity contribution >= 4 is 22.4 Å². The highest BCUT2D eigenvalue weighted by Crippen LogP contribution is 2.01. The molecule has 0 spiro atoms. The molecule has 0 amide bonds. The number of H-pyrrole nitrogens is 1. The van der Waals surface area contributed by atoms with Crippen molar-refractivity contribution in [1.82, 2.24) is 20.0 Å². The third-order valence-corrected chi connectivity index (χ3v) is 3.18. The number of likely N-dealkylation sites (N-methyl/N-ethyl adjacent to an activating group) is 1. The van der Waals surface area contributed by atoms with Crippen molar-refractivity contribution in [3.63, 3.8) is 0 Å². The lowest BCUT2D eigenvalue weighted by molar-refractivity contribution is 0.552. The Balaban J connectivity index is 0.00000196. The van der Waals surface area contributed by atoms with Crippen molar-refractivity contribution in [3.05, 3.63) is 12.5 Å². The van der Waals surface area contributed by atoms with Crippen LogP contribution in [0.1, 0.15) is 6.92 Å². The van der Waals surface area contributed by atoms with E-state index in [1.807, 2.05) is 6.92 Å². The predicted octanol–water partition coefficient (Wildman–Crippen LogP) is -0.282. The summed E-state index contributed by atoms with van der Waals surface area (Å²) in [6.45, 7) is 2.23. The Morgan fingerprint density at radius 2 is 2.27 bits per heavy atom. The van der Waals surface area contributed by atoms with Gasteiger partial charge in [0.05, 0.1) is 12.5 Å². The summed E-state index contributed by atoms with van der Waals surface area (Å²) in [5.41, 5.74) is 0. The molecule has 3 N–H and O–H groups in total. The zero-order chi connectivity index (χ0) is 10.6. The summed E-state index contributed by atoms with van der Waals surface area (Å²) in [5.74, 6) is 0. The van der Waals surface area contributed by atoms with Gasteiger partial charge >= 0.3 is 0 Å². The van der Waals surface area contributed by atoms with E-state index in [9.17, 15) is 8.42 Å². The van der Waals surface area contributed by atoms with Gasteiger partial charge in [0.2, 0.25) is 0 Å². The molecule has 1 heterocycles. The summed E-state index contributed by atoms with van der Waals surface area (Å²) in [5, 5.41) is 3.01. The number of nitrogens with one attached hydrogen (secondary N) is 3. The van der Waals surface area contributed by atoms with Gasteiger partial charge in [-0.3, -0.25) is 0 Å². The van der Waals surface area contributed by atoms with Crippen molar-refractivity contribution in [2.45, 2.75) is 18.0 Å². The van der Waals surface area contributed by atoms with Crippen molar-refractivity contribution in [3.8, 4) is 0 Å². The van der Waals surface area contributed by atoms with Crippen LogP contribution in [0.15, 0.2) is 17.6 Å². The summed E-state index contributed by atoms with van der Waals surface area (Å²) in [6, 6.07) is 0.0905. The molecule has 0 saturated carbocycles. The maximum absolute atomic E-state index is 11.5. The average Bonchev–Trinajstić information content (AvgIpc) is 2.67. The van der Waals surface area contributed by atoms with E-state index in [0.29, 0.717) is 6.54 Å². The first-order valence-electron chi connectivity index (χ1n) is 4.21. The number of imidazole rings is 1. The molecule has 0 saturated heterocycles. The predicted molar refractivity (Wildman–Crippen MR) is 59.5 cm³/mol. The molecule has 15 heavy (non-hydrogen) atoms. The molecule has 1 aromatic rings. The Labute approximate surface area is 95.3 Å². The molecule has 0 radical (unpaired) electrons. The highest BCUT2D eigenvalue weighted by Gasteiger charge is 2.15. The van der Waals surface area contributed by atoms with Crippen LogP contribution >= 0.6 is 12.4 Å². The summed E-state index contributed by atoms with van der Waals surface area (Å²) in [7, 11) is -1.66. The van der Waals surface area contributed by atoms with Crippen LogP contribution in [0, 0.1) is 0 Å². The first kappa shape index (κ1) is 14.4. The largest absolute Gasteiger partial charge is 0.335 e. The van der Waals surface area contributed by atoms with Gasteiger partial charge in [0.15, 0.2) is 5.03 Å². The monoisotopic (exact) mass is 254 g/mol. The molecule has 0 aliphatic heterocycles. The van der Waals surface area contributed by atoms with E-state index in [0.717, 1.165) is 0 Å². The van der Waals surface area contributed by atoms with Gasteiger partial charge in [-0.15, -0.1) is 12.4 Å². The minimum atomic E-state index is -3.43. The third kappa shape index (κ3) is 4.17. The maximum atomic E-state index is 11.5. The smallest absolute Gasteiger partial charge is 0.257 e. The van der Waals surface area contributed by atoms with Gasteiger partial charge in [0.25, 0.3) is 10.0 Å². The Morgan fingerprint density at radius 1 is 1.60 bits per heavy atom. The summed E-state index contributed by atoms with van der Waals surface area (Å²) < 4.78 is 25.5. The fourth-order valence-corrected chi connectivity index (χ4v) is 1.84. The van der Waals surface area contributed by atoms with Gasteiger partial charge in [-0.2, -0.15) is 0 Å². The number of rotatable bonds is 5. The normalized spacial score (nSPS) is 13.2. The molecular formula is C7H15ClN4O2S. The van der Waals surface area contributed by atoms with Crippen molar-refractivity contribution in [2.24, 2.45) is 0 Å². The van der Waals surface area contributed by atoms with E-state index in [2.05, 4.69) is 20.0 Å². The summed E-state index contributed by atoms with van der Waals surface area (Å²) in [6.07, 6.45) is 2.60. The molecule has 6 nitrogen and oxygen atoms in total. The van der Waals surface area contributed by atoms with Crippen molar-refractivity contribution in [2.75, 3.05) is 13.6 Å². The quantitative estimate of drug-likeness (QED) is 0.674. The van der Waals surface area contributed by atoms with Crippen LogP contribution < -0.4 is 10.0 Å². The van der Waals surface area contributed by atoms with Gasteiger partial charge in [0, 0.05) is 12.6 Å². The van der Waals surface area contributed by atoms with Gasteiger partial charge in [-0.1, -0.05) is 0 Å². The van der Waals surface area contributed by atoms with Crippen LogP contribution in [0.5, 0.6) is 0 Å². The standard InChI is InChI=1S/C7H14N4O2S.ClH/c1-6(8-2)3-11-14(12,13)7-4-9-5-10-7;/h4-6,8,11H,3H2,1-2H3,(H,9,10);1H. The number of hydrogen-bond donors (Lipinski definition) is 3. The van der Waals surface area contributed by atoms with Crippen LogP contribution in [0.3, 0.4) is 0 Å². The molecule has 0 aliphatic carbocycles. The Morgan fingerprint density at radius 3 is 2.73 bits per heavy atom. The second kappa shape index (κ2) is 6.06. The molecule has 0 bridgehead atoms. The van der Waals surface area contributed by atoms with Crippen LogP contribution in [0.4, 0.5) is 0 Å². The molecule has 1 atom stereocenters. The number of aromatic amines is 1.